The predicted molar refractivity (Wildman–Crippen MR) is 136 cm³/mol. The highest BCUT2D eigenvalue weighted by Gasteiger charge is 2.48. The van der Waals surface area contributed by atoms with Gasteiger partial charge in [-0.1, -0.05) is 79.5 Å². The SMILES string of the molecule is C=CC1=C(/C=C\C)C2=C3C4=C(C=C(Oc5ccccc5)C3S1)C1C=CC=CC1C(=O)C4C=C2. The third-order valence-corrected chi connectivity index (χ3v) is 8.25. The average Bonchev–Trinajstić information content (AvgIpc) is 2.86. The van der Waals surface area contributed by atoms with Crippen molar-refractivity contribution in [3.05, 3.63) is 136 Å². The molecule has 1 aliphatic heterocycles. The molecule has 4 atom stereocenters. The first-order valence-corrected chi connectivity index (χ1v) is 12.3. The highest BCUT2D eigenvalue weighted by atomic mass is 32.2. The van der Waals surface area contributed by atoms with Crippen molar-refractivity contribution < 1.29 is 9.53 Å². The molecule has 0 N–H and O–H groups in total. The van der Waals surface area contributed by atoms with Crippen LogP contribution in [0.1, 0.15) is 6.92 Å². The third kappa shape index (κ3) is 3.07. The second-order valence-corrected chi connectivity index (χ2v) is 9.85. The van der Waals surface area contributed by atoms with Gasteiger partial charge < -0.3 is 4.74 Å². The molecular formula is C30H24O2S. The molecule has 0 saturated heterocycles. The fraction of sp³-hybridized carbons (Fsp3) is 0.167. The Hall–Kier alpha value is -3.30. The zero-order valence-electron chi connectivity index (χ0n) is 18.4. The van der Waals surface area contributed by atoms with E-state index in [4.69, 9.17) is 4.74 Å². The fourth-order valence-electron chi connectivity index (χ4n) is 5.53. The molecule has 162 valence electrons. The predicted octanol–water partition coefficient (Wildman–Crippen LogP) is 6.81. The summed E-state index contributed by atoms with van der Waals surface area (Å²) in [5.41, 5.74) is 5.97. The lowest BCUT2D eigenvalue weighted by Gasteiger charge is -2.44. The summed E-state index contributed by atoms with van der Waals surface area (Å²) in [4.78, 5) is 14.7. The molecule has 0 fully saturated rings. The molecule has 3 heteroatoms. The van der Waals surface area contributed by atoms with Crippen molar-refractivity contribution in [2.75, 3.05) is 0 Å². The highest BCUT2D eigenvalue weighted by Crippen LogP contribution is 2.56. The maximum absolute atomic E-state index is 13.6. The van der Waals surface area contributed by atoms with E-state index < -0.39 is 0 Å². The van der Waals surface area contributed by atoms with Crippen LogP contribution in [0.3, 0.4) is 0 Å². The Morgan fingerprint density at radius 3 is 2.58 bits per heavy atom. The number of hydrogen-bond acceptors (Lipinski definition) is 3. The van der Waals surface area contributed by atoms with Crippen LogP contribution in [-0.2, 0) is 4.79 Å². The zero-order valence-corrected chi connectivity index (χ0v) is 19.2. The number of Topliss-reactive ketones (excluding diaryl/α,β-unsaturated/α-hetero) is 1. The molecule has 0 bridgehead atoms. The van der Waals surface area contributed by atoms with Gasteiger partial charge in [-0.2, -0.15) is 0 Å². The molecule has 1 aromatic rings. The van der Waals surface area contributed by atoms with Gasteiger partial charge in [0.1, 0.15) is 11.5 Å². The Bertz CT molecular complexity index is 1310. The lowest BCUT2D eigenvalue weighted by Crippen LogP contribution is -2.41. The van der Waals surface area contributed by atoms with E-state index >= 15 is 0 Å². The summed E-state index contributed by atoms with van der Waals surface area (Å²) in [5, 5.41) is -0.0131. The molecule has 0 radical (unpaired) electrons. The van der Waals surface area contributed by atoms with Crippen LogP contribution in [0.4, 0.5) is 0 Å². The summed E-state index contributed by atoms with van der Waals surface area (Å²) in [6.07, 6.45) is 20.9. The van der Waals surface area contributed by atoms with Crippen LogP contribution in [0.25, 0.3) is 0 Å². The number of fused-ring (bicyclic) bond motifs is 2. The minimum Gasteiger partial charge on any atom is -0.460 e. The summed E-state index contributed by atoms with van der Waals surface area (Å²) in [7, 11) is 0. The van der Waals surface area contributed by atoms with Crippen LogP contribution in [-0.4, -0.2) is 11.0 Å². The average molecular weight is 449 g/mol. The molecule has 0 amide bonds. The minimum absolute atomic E-state index is 0.0131. The second kappa shape index (κ2) is 7.93. The molecule has 0 spiro atoms. The van der Waals surface area contributed by atoms with Gasteiger partial charge in [-0.15, -0.1) is 11.8 Å². The molecular weight excluding hydrogens is 424 g/mol. The maximum Gasteiger partial charge on any atom is 0.151 e. The Morgan fingerprint density at radius 2 is 1.82 bits per heavy atom. The number of benzene rings is 1. The van der Waals surface area contributed by atoms with Crippen LogP contribution in [0, 0.1) is 17.8 Å². The number of para-hydroxylation sites is 1. The van der Waals surface area contributed by atoms with E-state index in [2.05, 4.69) is 55.2 Å². The van der Waals surface area contributed by atoms with E-state index in [9.17, 15) is 4.79 Å². The van der Waals surface area contributed by atoms with Crippen molar-refractivity contribution in [2.24, 2.45) is 17.8 Å². The zero-order chi connectivity index (χ0) is 22.5. The summed E-state index contributed by atoms with van der Waals surface area (Å²) in [5.74, 6) is 1.75. The molecule has 0 aromatic heterocycles. The van der Waals surface area contributed by atoms with Crippen LogP contribution in [0.2, 0.25) is 0 Å². The van der Waals surface area contributed by atoms with Crippen molar-refractivity contribution in [1.29, 1.82) is 0 Å². The van der Waals surface area contributed by atoms with E-state index in [0.717, 1.165) is 16.4 Å². The molecule has 0 saturated carbocycles. The lowest BCUT2D eigenvalue weighted by atomic mass is 9.62. The molecule has 1 aromatic carbocycles. The van der Waals surface area contributed by atoms with Gasteiger partial charge in [0.25, 0.3) is 0 Å². The first kappa shape index (κ1) is 20.3. The van der Waals surface area contributed by atoms with Crippen LogP contribution in [0.5, 0.6) is 5.75 Å². The van der Waals surface area contributed by atoms with Gasteiger partial charge in [0.2, 0.25) is 0 Å². The summed E-state index contributed by atoms with van der Waals surface area (Å²) < 4.78 is 6.52. The molecule has 2 nitrogen and oxygen atoms in total. The van der Waals surface area contributed by atoms with Crippen molar-refractivity contribution in [3.8, 4) is 5.75 Å². The van der Waals surface area contributed by atoms with Crippen molar-refractivity contribution in [2.45, 2.75) is 12.2 Å². The normalized spacial score (nSPS) is 29.4. The number of ether oxygens (including phenoxy) is 1. The molecule has 4 unspecified atom stereocenters. The van der Waals surface area contributed by atoms with Gasteiger partial charge in [0.05, 0.1) is 11.2 Å². The Balaban J connectivity index is 1.60. The Morgan fingerprint density at radius 1 is 1.03 bits per heavy atom. The number of rotatable bonds is 4. The lowest BCUT2D eigenvalue weighted by molar-refractivity contribution is -0.124. The van der Waals surface area contributed by atoms with Gasteiger partial charge in [-0.05, 0) is 53.0 Å². The highest BCUT2D eigenvalue weighted by molar-refractivity contribution is 8.04. The molecule has 4 aliphatic carbocycles. The van der Waals surface area contributed by atoms with E-state index in [1.54, 1.807) is 11.8 Å². The Labute approximate surface area is 198 Å². The van der Waals surface area contributed by atoms with E-state index in [0.29, 0.717) is 0 Å². The number of carbonyl (C=O) groups is 1. The molecule has 5 aliphatic rings. The third-order valence-electron chi connectivity index (χ3n) is 6.90. The first-order chi connectivity index (χ1) is 16.2. The van der Waals surface area contributed by atoms with Crippen molar-refractivity contribution in [3.63, 3.8) is 0 Å². The van der Waals surface area contributed by atoms with E-state index in [-0.39, 0.29) is 28.8 Å². The van der Waals surface area contributed by atoms with E-state index in [1.165, 1.54) is 27.9 Å². The van der Waals surface area contributed by atoms with Gasteiger partial charge in [-0.25, -0.2) is 0 Å². The summed E-state index contributed by atoms with van der Waals surface area (Å²) in [6.45, 7) is 6.13. The minimum atomic E-state index is -0.203. The summed E-state index contributed by atoms with van der Waals surface area (Å²) in [6, 6.07) is 9.95. The van der Waals surface area contributed by atoms with Crippen molar-refractivity contribution in [1.82, 2.24) is 0 Å². The van der Waals surface area contributed by atoms with Crippen LogP contribution < -0.4 is 4.74 Å². The second-order valence-electron chi connectivity index (χ2n) is 8.70. The Kier molecular flexibility index (Phi) is 4.88. The number of ketones is 1. The smallest absolute Gasteiger partial charge is 0.151 e. The number of carbonyl (C=O) groups excluding carboxylic acids is 1. The van der Waals surface area contributed by atoms with Gasteiger partial charge in [0, 0.05) is 16.7 Å². The number of thioether (sulfide) groups is 1. The van der Waals surface area contributed by atoms with Crippen LogP contribution >= 0.6 is 11.8 Å². The first-order valence-electron chi connectivity index (χ1n) is 11.4. The molecule has 6 rings (SSSR count). The standard InChI is InChI=1S/C30H24O2S/c1-3-10-20-21-15-16-23-27-24(19-13-8-9-14-22(19)29(23)31)17-25(32-18-11-6-5-7-12-18)30(28(21)27)33-26(20)4-2/h3-17,19,22-23,30H,2H2,1H3/b10-3-. The number of allylic oxidation sites excluding steroid dienone is 14. The topological polar surface area (TPSA) is 26.3 Å². The van der Waals surface area contributed by atoms with Crippen LogP contribution in [0.15, 0.2) is 136 Å². The quantitative estimate of drug-likeness (QED) is 0.506. The van der Waals surface area contributed by atoms with Gasteiger partial charge >= 0.3 is 0 Å². The number of hydrogen-bond donors (Lipinski definition) is 0. The van der Waals surface area contributed by atoms with E-state index in [1.807, 2.05) is 49.4 Å². The van der Waals surface area contributed by atoms with Gasteiger partial charge in [0.15, 0.2) is 5.78 Å². The molecule has 33 heavy (non-hydrogen) atoms. The maximum atomic E-state index is 13.6. The van der Waals surface area contributed by atoms with Crippen molar-refractivity contribution >= 4 is 17.5 Å². The summed E-state index contributed by atoms with van der Waals surface area (Å²) >= 11 is 1.76. The van der Waals surface area contributed by atoms with Gasteiger partial charge in [-0.3, -0.25) is 4.79 Å². The molecule has 1 heterocycles. The fourth-order valence-corrected chi connectivity index (χ4v) is 6.79. The monoisotopic (exact) mass is 448 g/mol. The largest absolute Gasteiger partial charge is 0.460 e.